The van der Waals surface area contributed by atoms with Gasteiger partial charge in [-0.3, -0.25) is 14.4 Å². The molecule has 0 radical (unpaired) electrons. The van der Waals surface area contributed by atoms with Gasteiger partial charge < -0.3 is 10.0 Å². The van der Waals surface area contributed by atoms with Crippen LogP contribution in [0.5, 0.6) is 0 Å². The first kappa shape index (κ1) is 12.1. The molecular formula is C10H12N4O4. The number of carboxylic acid groups (broad SMARTS) is 1. The average molecular weight is 252 g/mol. The minimum Gasteiger partial charge on any atom is -0.478 e. The Morgan fingerprint density at radius 1 is 1.44 bits per heavy atom. The van der Waals surface area contributed by atoms with E-state index in [1.165, 1.54) is 22.8 Å². The molecule has 0 bridgehead atoms. The molecule has 1 saturated heterocycles. The van der Waals surface area contributed by atoms with Crippen molar-refractivity contribution >= 4 is 17.9 Å². The number of carboxylic acids is 1. The highest BCUT2D eigenvalue weighted by molar-refractivity contribution is 6.02. The van der Waals surface area contributed by atoms with E-state index < -0.39 is 12.0 Å². The van der Waals surface area contributed by atoms with Crippen LogP contribution in [0.3, 0.4) is 0 Å². The lowest BCUT2D eigenvalue weighted by atomic mass is 10.2. The third-order valence-electron chi connectivity index (χ3n) is 2.83. The highest BCUT2D eigenvalue weighted by Crippen LogP contribution is 2.16. The molecule has 0 aliphatic carbocycles. The highest BCUT2D eigenvalue weighted by Gasteiger charge is 2.35. The fourth-order valence-electron chi connectivity index (χ4n) is 1.80. The summed E-state index contributed by atoms with van der Waals surface area (Å²) in [6.45, 7) is -0.0702. The van der Waals surface area contributed by atoms with Gasteiger partial charge in [-0.05, 0) is 0 Å². The number of urea groups is 1. The van der Waals surface area contributed by atoms with Crippen LogP contribution in [0, 0.1) is 0 Å². The molecule has 1 aromatic heterocycles. The van der Waals surface area contributed by atoms with Crippen LogP contribution in [-0.4, -0.2) is 56.2 Å². The van der Waals surface area contributed by atoms with Gasteiger partial charge in [0.25, 0.3) is 5.91 Å². The number of carbonyl (C=O) groups is 3. The van der Waals surface area contributed by atoms with E-state index in [1.54, 1.807) is 7.05 Å². The monoisotopic (exact) mass is 252 g/mol. The summed E-state index contributed by atoms with van der Waals surface area (Å²) < 4.78 is 1.35. The number of likely N-dealkylation sites (N-methyl/N-ethyl adjacent to an activating group) is 1. The standard InChI is InChI=1S/C10H12N4O4/c1-12-5-8(15)14(10(12)18)4-7-6(9(16)17)3-11-13(7)2/h3H,4-5H2,1-2H3,(H,16,17). The number of nitrogens with zero attached hydrogens (tertiary/aromatic N) is 4. The molecule has 2 heterocycles. The van der Waals surface area contributed by atoms with Crippen LogP contribution in [0.4, 0.5) is 4.79 Å². The maximum absolute atomic E-state index is 11.7. The van der Waals surface area contributed by atoms with Crippen LogP contribution in [0.25, 0.3) is 0 Å². The molecule has 0 aromatic carbocycles. The van der Waals surface area contributed by atoms with Crippen molar-refractivity contribution < 1.29 is 19.5 Å². The summed E-state index contributed by atoms with van der Waals surface area (Å²) in [5, 5.41) is 12.8. The number of aryl methyl sites for hydroxylation is 1. The molecule has 0 spiro atoms. The fourth-order valence-corrected chi connectivity index (χ4v) is 1.80. The smallest absolute Gasteiger partial charge is 0.339 e. The number of imide groups is 1. The Morgan fingerprint density at radius 3 is 2.61 bits per heavy atom. The van der Waals surface area contributed by atoms with Crippen molar-refractivity contribution in [2.24, 2.45) is 7.05 Å². The van der Waals surface area contributed by atoms with Crippen LogP contribution in [-0.2, 0) is 18.4 Å². The Labute approximate surface area is 102 Å². The van der Waals surface area contributed by atoms with Crippen LogP contribution < -0.4 is 0 Å². The number of hydrogen-bond donors (Lipinski definition) is 1. The lowest BCUT2D eigenvalue weighted by Gasteiger charge is -2.14. The molecule has 0 saturated carbocycles. The maximum atomic E-state index is 11.7. The van der Waals surface area contributed by atoms with Gasteiger partial charge in [0.15, 0.2) is 0 Å². The van der Waals surface area contributed by atoms with Crippen molar-refractivity contribution in [2.45, 2.75) is 6.54 Å². The molecule has 8 nitrogen and oxygen atoms in total. The number of amides is 3. The van der Waals surface area contributed by atoms with Gasteiger partial charge in [-0.15, -0.1) is 0 Å². The summed E-state index contributed by atoms with van der Waals surface area (Å²) in [6, 6.07) is -0.433. The van der Waals surface area contributed by atoms with Gasteiger partial charge in [-0.25, -0.2) is 9.59 Å². The molecular weight excluding hydrogens is 240 g/mol. The van der Waals surface area contributed by atoms with Crippen LogP contribution in [0.15, 0.2) is 6.20 Å². The molecule has 1 aliphatic heterocycles. The second kappa shape index (κ2) is 4.13. The lowest BCUT2D eigenvalue weighted by Crippen LogP contribution is -2.32. The second-order valence-electron chi connectivity index (χ2n) is 4.05. The molecule has 96 valence electrons. The number of aromatic nitrogens is 2. The summed E-state index contributed by atoms with van der Waals surface area (Å²) in [7, 11) is 3.08. The van der Waals surface area contributed by atoms with E-state index in [0.29, 0.717) is 5.69 Å². The second-order valence-corrected chi connectivity index (χ2v) is 4.05. The Bertz CT molecular complexity index is 536. The van der Waals surface area contributed by atoms with Crippen molar-refractivity contribution in [3.63, 3.8) is 0 Å². The van der Waals surface area contributed by atoms with Crippen LogP contribution >= 0.6 is 0 Å². The molecule has 0 atom stereocenters. The molecule has 8 heteroatoms. The van der Waals surface area contributed by atoms with E-state index in [-0.39, 0.29) is 24.6 Å². The molecule has 1 aromatic rings. The number of aromatic carboxylic acids is 1. The van der Waals surface area contributed by atoms with E-state index in [4.69, 9.17) is 5.11 Å². The number of carbonyl (C=O) groups excluding carboxylic acids is 2. The zero-order chi connectivity index (χ0) is 13.4. The van der Waals surface area contributed by atoms with E-state index >= 15 is 0 Å². The van der Waals surface area contributed by atoms with Gasteiger partial charge in [0, 0.05) is 14.1 Å². The summed E-state index contributed by atoms with van der Waals surface area (Å²) in [6.07, 6.45) is 1.20. The third kappa shape index (κ3) is 1.81. The minimum absolute atomic E-state index is 0.00680. The Kier molecular flexibility index (Phi) is 2.77. The first-order valence-electron chi connectivity index (χ1n) is 5.21. The van der Waals surface area contributed by atoms with E-state index in [1.807, 2.05) is 0 Å². The quantitative estimate of drug-likeness (QED) is 0.732. The molecule has 2 rings (SSSR count). The lowest BCUT2D eigenvalue weighted by molar-refractivity contribution is -0.125. The minimum atomic E-state index is -1.13. The zero-order valence-corrected chi connectivity index (χ0v) is 9.95. The summed E-state index contributed by atoms with van der Waals surface area (Å²) in [5.41, 5.74) is 0.312. The topological polar surface area (TPSA) is 95.7 Å². The fraction of sp³-hybridized carbons (Fsp3) is 0.400. The normalized spacial score (nSPS) is 15.7. The van der Waals surface area contributed by atoms with Gasteiger partial charge in [0.2, 0.25) is 0 Å². The van der Waals surface area contributed by atoms with Gasteiger partial charge in [0.1, 0.15) is 12.1 Å². The van der Waals surface area contributed by atoms with Gasteiger partial charge in [0.05, 0.1) is 18.4 Å². The molecule has 0 unspecified atom stereocenters. The van der Waals surface area contributed by atoms with Crippen molar-refractivity contribution in [1.82, 2.24) is 19.6 Å². The Balaban J connectivity index is 2.30. The van der Waals surface area contributed by atoms with Crippen LogP contribution in [0.1, 0.15) is 16.1 Å². The highest BCUT2D eigenvalue weighted by atomic mass is 16.4. The predicted octanol–water partition coefficient (Wildman–Crippen LogP) is -0.488. The summed E-state index contributed by atoms with van der Waals surface area (Å²) in [4.78, 5) is 36.6. The Hall–Kier alpha value is -2.38. The van der Waals surface area contributed by atoms with Crippen molar-refractivity contribution in [2.75, 3.05) is 13.6 Å². The van der Waals surface area contributed by atoms with Crippen molar-refractivity contribution in [3.8, 4) is 0 Å². The third-order valence-corrected chi connectivity index (χ3v) is 2.83. The van der Waals surface area contributed by atoms with Gasteiger partial charge in [-0.1, -0.05) is 0 Å². The molecule has 18 heavy (non-hydrogen) atoms. The van der Waals surface area contributed by atoms with E-state index in [2.05, 4.69) is 5.10 Å². The molecule has 1 aliphatic rings. The largest absolute Gasteiger partial charge is 0.478 e. The number of hydrogen-bond acceptors (Lipinski definition) is 4. The number of rotatable bonds is 3. The van der Waals surface area contributed by atoms with Gasteiger partial charge in [-0.2, -0.15) is 5.10 Å². The first-order valence-corrected chi connectivity index (χ1v) is 5.21. The maximum Gasteiger partial charge on any atom is 0.339 e. The molecule has 1 fully saturated rings. The SMILES string of the molecule is CN1CC(=O)N(Cc2c(C(=O)O)cnn2C)C1=O. The summed E-state index contributed by atoms with van der Waals surface area (Å²) in [5.74, 6) is -1.48. The first-order chi connectivity index (χ1) is 8.41. The van der Waals surface area contributed by atoms with Crippen molar-refractivity contribution in [3.05, 3.63) is 17.5 Å². The average Bonchev–Trinajstić information content (AvgIpc) is 2.76. The van der Waals surface area contributed by atoms with E-state index in [0.717, 1.165) is 4.90 Å². The van der Waals surface area contributed by atoms with Crippen molar-refractivity contribution in [1.29, 1.82) is 0 Å². The van der Waals surface area contributed by atoms with E-state index in [9.17, 15) is 14.4 Å². The zero-order valence-electron chi connectivity index (χ0n) is 9.95. The predicted molar refractivity (Wildman–Crippen MR) is 58.7 cm³/mol. The van der Waals surface area contributed by atoms with Crippen LogP contribution in [0.2, 0.25) is 0 Å². The van der Waals surface area contributed by atoms with Gasteiger partial charge >= 0.3 is 12.0 Å². The molecule has 3 amide bonds. The summed E-state index contributed by atoms with van der Waals surface area (Å²) >= 11 is 0. The Morgan fingerprint density at radius 2 is 2.11 bits per heavy atom. The molecule has 1 N–H and O–H groups in total.